The molecule has 8 heteroatoms. The molecule has 0 atom stereocenters. The second-order valence-electron chi connectivity index (χ2n) is 6.10. The van der Waals surface area contributed by atoms with Crippen molar-refractivity contribution in [2.75, 3.05) is 6.61 Å². The van der Waals surface area contributed by atoms with Gasteiger partial charge in [0.15, 0.2) is 11.5 Å². The van der Waals surface area contributed by atoms with Gasteiger partial charge in [-0.2, -0.15) is 5.10 Å². The number of amides is 1. The summed E-state index contributed by atoms with van der Waals surface area (Å²) in [5.41, 5.74) is 4.40. The molecule has 0 unspecified atom stereocenters. The number of nitrogens with one attached hydrogen (secondary N) is 1. The van der Waals surface area contributed by atoms with Gasteiger partial charge in [-0.15, -0.1) is 0 Å². The highest BCUT2D eigenvalue weighted by atomic mass is 35.5. The van der Waals surface area contributed by atoms with Crippen molar-refractivity contribution >= 4 is 35.3 Å². The van der Waals surface area contributed by atoms with E-state index in [2.05, 4.69) is 15.5 Å². The summed E-state index contributed by atoms with van der Waals surface area (Å²) in [5, 5.41) is 4.76. The number of hydrazone groups is 1. The summed E-state index contributed by atoms with van der Waals surface area (Å²) < 4.78 is 11.6. The molecule has 3 rings (SSSR count). The van der Waals surface area contributed by atoms with E-state index >= 15 is 0 Å². The van der Waals surface area contributed by atoms with Gasteiger partial charge < -0.3 is 9.47 Å². The van der Waals surface area contributed by atoms with Gasteiger partial charge in [-0.25, -0.2) is 10.4 Å². The fourth-order valence-corrected chi connectivity index (χ4v) is 2.85. The van der Waals surface area contributed by atoms with E-state index in [-0.39, 0.29) is 10.7 Å². The number of pyridine rings is 1. The minimum absolute atomic E-state index is 0.117. The predicted molar refractivity (Wildman–Crippen MR) is 118 cm³/mol. The summed E-state index contributed by atoms with van der Waals surface area (Å²) in [6.07, 6.45) is 3.02. The van der Waals surface area contributed by atoms with Crippen LogP contribution in [0.5, 0.6) is 11.5 Å². The zero-order valence-corrected chi connectivity index (χ0v) is 17.7. The Morgan fingerprint density at radius 1 is 1.10 bits per heavy atom. The molecule has 0 aliphatic carbocycles. The maximum atomic E-state index is 12.1. The van der Waals surface area contributed by atoms with Crippen LogP contribution in [0, 0.1) is 0 Å². The standard InChI is InChI=1S/C22H19Cl2N3O3/c1-2-29-20-12-16(13-26-27-22(28)18-4-3-11-25-21(18)24)7-10-19(20)30-14-15-5-8-17(23)9-6-15/h3-13H,2,14H2,1H3,(H,27,28)/b26-13+. The molecule has 1 N–H and O–H groups in total. The Kier molecular flexibility index (Phi) is 7.65. The van der Waals surface area contributed by atoms with Crippen LogP contribution in [0.25, 0.3) is 0 Å². The summed E-state index contributed by atoms with van der Waals surface area (Å²) in [6.45, 7) is 2.75. The molecule has 0 saturated heterocycles. The Bertz CT molecular complexity index is 1040. The van der Waals surface area contributed by atoms with Gasteiger partial charge in [-0.3, -0.25) is 4.79 Å². The number of rotatable bonds is 8. The van der Waals surface area contributed by atoms with Crippen LogP contribution < -0.4 is 14.9 Å². The lowest BCUT2D eigenvalue weighted by molar-refractivity contribution is 0.0955. The zero-order chi connectivity index (χ0) is 21.3. The first-order valence-corrected chi connectivity index (χ1v) is 9.90. The molecule has 0 aliphatic heterocycles. The van der Waals surface area contributed by atoms with E-state index in [1.165, 1.54) is 12.4 Å². The normalized spacial score (nSPS) is 10.8. The van der Waals surface area contributed by atoms with Gasteiger partial charge in [0.25, 0.3) is 5.91 Å². The summed E-state index contributed by atoms with van der Waals surface area (Å²) in [5.74, 6) is 0.740. The largest absolute Gasteiger partial charge is 0.490 e. The Labute approximate surface area is 184 Å². The lowest BCUT2D eigenvalue weighted by Crippen LogP contribution is -2.18. The molecule has 0 radical (unpaired) electrons. The quantitative estimate of drug-likeness (QED) is 0.297. The van der Waals surface area contributed by atoms with Crippen molar-refractivity contribution in [3.63, 3.8) is 0 Å². The number of aromatic nitrogens is 1. The molecule has 1 aromatic heterocycles. The third-order valence-corrected chi connectivity index (χ3v) is 4.51. The second-order valence-corrected chi connectivity index (χ2v) is 6.89. The van der Waals surface area contributed by atoms with Crippen molar-refractivity contribution in [1.82, 2.24) is 10.4 Å². The van der Waals surface area contributed by atoms with Crippen LogP contribution in [0.4, 0.5) is 0 Å². The average Bonchev–Trinajstić information content (AvgIpc) is 2.75. The van der Waals surface area contributed by atoms with E-state index in [1.807, 2.05) is 37.3 Å². The minimum Gasteiger partial charge on any atom is -0.490 e. The van der Waals surface area contributed by atoms with Crippen LogP contribution in [0.1, 0.15) is 28.4 Å². The number of carbonyl (C=O) groups is 1. The molecule has 1 amide bonds. The van der Waals surface area contributed by atoms with Gasteiger partial charge in [-0.1, -0.05) is 35.3 Å². The SMILES string of the molecule is CCOc1cc(/C=N/NC(=O)c2cccnc2Cl)ccc1OCc1ccc(Cl)cc1. The summed E-state index contributed by atoms with van der Waals surface area (Å²) in [4.78, 5) is 16.0. The number of halogens is 2. The molecule has 30 heavy (non-hydrogen) atoms. The highest BCUT2D eigenvalue weighted by Crippen LogP contribution is 2.29. The van der Waals surface area contributed by atoms with Gasteiger partial charge >= 0.3 is 0 Å². The minimum atomic E-state index is -0.447. The molecular weight excluding hydrogens is 425 g/mol. The topological polar surface area (TPSA) is 72.8 Å². The first kappa shape index (κ1) is 21.6. The van der Waals surface area contributed by atoms with Gasteiger partial charge in [-0.05, 0) is 60.5 Å². The highest BCUT2D eigenvalue weighted by Gasteiger charge is 2.10. The van der Waals surface area contributed by atoms with Crippen LogP contribution in [0.15, 0.2) is 65.9 Å². The first-order valence-electron chi connectivity index (χ1n) is 9.15. The van der Waals surface area contributed by atoms with Crippen molar-refractivity contribution in [2.24, 2.45) is 5.10 Å². The van der Waals surface area contributed by atoms with E-state index in [4.69, 9.17) is 32.7 Å². The summed E-state index contributed by atoms with van der Waals surface area (Å²) in [7, 11) is 0. The lowest BCUT2D eigenvalue weighted by atomic mass is 10.2. The van der Waals surface area contributed by atoms with E-state index < -0.39 is 5.91 Å². The monoisotopic (exact) mass is 443 g/mol. The summed E-state index contributed by atoms with van der Waals surface area (Å²) >= 11 is 11.8. The van der Waals surface area contributed by atoms with Crippen LogP contribution in [0.3, 0.4) is 0 Å². The smallest absolute Gasteiger partial charge is 0.274 e. The van der Waals surface area contributed by atoms with Crippen molar-refractivity contribution < 1.29 is 14.3 Å². The number of nitrogens with zero attached hydrogens (tertiary/aromatic N) is 2. The Morgan fingerprint density at radius 3 is 2.63 bits per heavy atom. The van der Waals surface area contributed by atoms with Gasteiger partial charge in [0.1, 0.15) is 11.8 Å². The third-order valence-electron chi connectivity index (χ3n) is 3.96. The van der Waals surface area contributed by atoms with Crippen molar-refractivity contribution in [3.05, 3.63) is 87.7 Å². The van der Waals surface area contributed by atoms with E-state index in [0.29, 0.717) is 29.7 Å². The number of ether oxygens (including phenoxy) is 2. The fraction of sp³-hybridized carbons (Fsp3) is 0.136. The maximum absolute atomic E-state index is 12.1. The zero-order valence-electron chi connectivity index (χ0n) is 16.1. The molecule has 6 nitrogen and oxygen atoms in total. The molecule has 0 bridgehead atoms. The van der Waals surface area contributed by atoms with Crippen molar-refractivity contribution in [2.45, 2.75) is 13.5 Å². The molecule has 3 aromatic rings. The number of hydrogen-bond acceptors (Lipinski definition) is 5. The Morgan fingerprint density at radius 2 is 1.90 bits per heavy atom. The highest BCUT2D eigenvalue weighted by molar-refractivity contribution is 6.32. The molecule has 154 valence electrons. The van der Waals surface area contributed by atoms with Gasteiger partial charge in [0.2, 0.25) is 0 Å². The first-order chi connectivity index (χ1) is 14.6. The van der Waals surface area contributed by atoms with E-state index in [0.717, 1.165) is 11.1 Å². The fourth-order valence-electron chi connectivity index (χ4n) is 2.52. The van der Waals surface area contributed by atoms with Gasteiger partial charge in [0, 0.05) is 11.2 Å². The Hall–Kier alpha value is -3.09. The van der Waals surface area contributed by atoms with Crippen molar-refractivity contribution in [1.29, 1.82) is 0 Å². The van der Waals surface area contributed by atoms with Crippen LogP contribution >= 0.6 is 23.2 Å². The molecular formula is C22H19Cl2N3O3. The maximum Gasteiger partial charge on any atom is 0.274 e. The summed E-state index contributed by atoms with van der Waals surface area (Å²) in [6, 6.07) is 16.0. The molecule has 1 heterocycles. The number of benzene rings is 2. The van der Waals surface area contributed by atoms with E-state index in [1.54, 1.807) is 24.3 Å². The van der Waals surface area contributed by atoms with Gasteiger partial charge in [0.05, 0.1) is 18.4 Å². The van der Waals surface area contributed by atoms with E-state index in [9.17, 15) is 4.79 Å². The molecule has 2 aromatic carbocycles. The van der Waals surface area contributed by atoms with Crippen LogP contribution in [-0.4, -0.2) is 23.7 Å². The third kappa shape index (κ3) is 5.95. The molecule has 0 fully saturated rings. The van der Waals surface area contributed by atoms with Crippen LogP contribution in [-0.2, 0) is 6.61 Å². The Balaban J connectivity index is 1.66. The predicted octanol–water partition coefficient (Wildman–Crippen LogP) is 5.13. The van der Waals surface area contributed by atoms with Crippen molar-refractivity contribution in [3.8, 4) is 11.5 Å². The number of hydrogen-bond donors (Lipinski definition) is 1. The second kappa shape index (κ2) is 10.6. The average molecular weight is 444 g/mol. The molecule has 0 spiro atoms. The molecule has 0 aliphatic rings. The molecule has 0 saturated carbocycles. The lowest BCUT2D eigenvalue weighted by Gasteiger charge is -2.12. The number of carbonyl (C=O) groups excluding carboxylic acids is 1. The van der Waals surface area contributed by atoms with Crippen LogP contribution in [0.2, 0.25) is 10.2 Å².